The number of rotatable bonds is 7. The van der Waals surface area contributed by atoms with Crippen molar-refractivity contribution in [1.29, 1.82) is 0 Å². The summed E-state index contributed by atoms with van der Waals surface area (Å²) >= 11 is 0. The highest BCUT2D eigenvalue weighted by Gasteiger charge is 2.04. The van der Waals surface area contributed by atoms with Crippen molar-refractivity contribution in [1.82, 2.24) is 4.98 Å². The van der Waals surface area contributed by atoms with E-state index in [9.17, 15) is 0 Å². The van der Waals surface area contributed by atoms with E-state index in [-0.39, 0.29) is 6.10 Å². The molecule has 22 heavy (non-hydrogen) atoms. The van der Waals surface area contributed by atoms with Crippen molar-refractivity contribution in [2.75, 3.05) is 17.6 Å². The lowest BCUT2D eigenvalue weighted by Gasteiger charge is -2.13. The van der Waals surface area contributed by atoms with Crippen LogP contribution in [0.2, 0.25) is 0 Å². The summed E-state index contributed by atoms with van der Waals surface area (Å²) in [6.07, 6.45) is 3.97. The van der Waals surface area contributed by atoms with E-state index in [2.05, 4.69) is 29.4 Å². The van der Waals surface area contributed by atoms with Gasteiger partial charge in [0, 0.05) is 12.7 Å². The first-order chi connectivity index (χ1) is 10.5. The molecule has 1 aromatic carbocycles. The molecule has 0 unspecified atom stereocenters. The minimum Gasteiger partial charge on any atom is -0.489 e. The number of aryl methyl sites for hydroxylation is 2. The number of hydrogen-bond acceptors (Lipinski definition) is 4. The van der Waals surface area contributed by atoms with Gasteiger partial charge in [0.05, 0.1) is 11.8 Å². The smallest absolute Gasteiger partial charge is 0.142 e. The summed E-state index contributed by atoms with van der Waals surface area (Å²) in [6, 6.07) is 10.1. The third-order valence-corrected chi connectivity index (χ3v) is 3.30. The van der Waals surface area contributed by atoms with Crippen molar-refractivity contribution < 1.29 is 4.74 Å². The van der Waals surface area contributed by atoms with Crippen LogP contribution in [0.3, 0.4) is 0 Å². The Hall–Kier alpha value is -2.23. The van der Waals surface area contributed by atoms with Crippen LogP contribution in [0.25, 0.3) is 0 Å². The molecule has 0 aliphatic carbocycles. The quantitative estimate of drug-likeness (QED) is 0.603. The van der Waals surface area contributed by atoms with Crippen LogP contribution in [0.1, 0.15) is 31.4 Å². The molecule has 0 saturated carbocycles. The Labute approximate surface area is 132 Å². The van der Waals surface area contributed by atoms with E-state index in [0.717, 1.165) is 31.0 Å². The molecule has 2 rings (SSSR count). The topological polar surface area (TPSA) is 60.2 Å². The Morgan fingerprint density at radius 3 is 2.73 bits per heavy atom. The SMILES string of the molecule is Cc1ccnc(NCCCc2ccc(OC(C)C)c(N)c2)c1. The summed E-state index contributed by atoms with van der Waals surface area (Å²) in [4.78, 5) is 4.29. The lowest BCUT2D eigenvalue weighted by molar-refractivity contribution is 0.244. The average Bonchev–Trinajstić information content (AvgIpc) is 2.46. The number of hydrogen-bond donors (Lipinski definition) is 2. The van der Waals surface area contributed by atoms with Crippen LogP contribution in [0, 0.1) is 6.92 Å². The molecule has 4 heteroatoms. The second kappa shape index (κ2) is 7.69. The van der Waals surface area contributed by atoms with E-state index >= 15 is 0 Å². The molecule has 0 radical (unpaired) electrons. The molecule has 0 amide bonds. The van der Waals surface area contributed by atoms with Gasteiger partial charge in [-0.2, -0.15) is 0 Å². The van der Waals surface area contributed by atoms with Gasteiger partial charge in [0.1, 0.15) is 11.6 Å². The number of nitrogens with zero attached hydrogens (tertiary/aromatic N) is 1. The zero-order valence-electron chi connectivity index (χ0n) is 13.6. The Morgan fingerprint density at radius 1 is 1.23 bits per heavy atom. The second-order valence-electron chi connectivity index (χ2n) is 5.79. The van der Waals surface area contributed by atoms with Gasteiger partial charge in [0.15, 0.2) is 0 Å². The zero-order chi connectivity index (χ0) is 15.9. The molecular weight excluding hydrogens is 274 g/mol. The molecule has 0 spiro atoms. The van der Waals surface area contributed by atoms with Gasteiger partial charge in [-0.25, -0.2) is 4.98 Å². The van der Waals surface area contributed by atoms with Crippen LogP contribution >= 0.6 is 0 Å². The fourth-order valence-electron chi connectivity index (χ4n) is 2.26. The van der Waals surface area contributed by atoms with Crippen LogP contribution in [0.4, 0.5) is 11.5 Å². The highest BCUT2D eigenvalue weighted by molar-refractivity contribution is 5.54. The maximum Gasteiger partial charge on any atom is 0.142 e. The first-order valence-electron chi connectivity index (χ1n) is 7.76. The minimum absolute atomic E-state index is 0.138. The number of nitrogens with one attached hydrogen (secondary N) is 1. The molecule has 0 atom stereocenters. The fourth-order valence-corrected chi connectivity index (χ4v) is 2.26. The second-order valence-corrected chi connectivity index (χ2v) is 5.79. The summed E-state index contributed by atoms with van der Waals surface area (Å²) in [5, 5.41) is 3.34. The van der Waals surface area contributed by atoms with Gasteiger partial charge < -0.3 is 15.8 Å². The molecule has 1 aromatic heterocycles. The molecular formula is C18H25N3O. The monoisotopic (exact) mass is 299 g/mol. The average molecular weight is 299 g/mol. The van der Waals surface area contributed by atoms with E-state index in [1.54, 1.807) is 0 Å². The van der Waals surface area contributed by atoms with Gasteiger partial charge in [0.2, 0.25) is 0 Å². The molecule has 0 fully saturated rings. The van der Waals surface area contributed by atoms with Crippen LogP contribution in [0.15, 0.2) is 36.5 Å². The van der Waals surface area contributed by atoms with Crippen molar-refractivity contribution in [2.24, 2.45) is 0 Å². The molecule has 3 N–H and O–H groups in total. The van der Waals surface area contributed by atoms with Gasteiger partial charge in [-0.3, -0.25) is 0 Å². The van der Waals surface area contributed by atoms with Crippen molar-refractivity contribution in [3.05, 3.63) is 47.7 Å². The van der Waals surface area contributed by atoms with Gasteiger partial charge >= 0.3 is 0 Å². The Bertz CT molecular complexity index is 611. The third-order valence-electron chi connectivity index (χ3n) is 3.30. The number of nitrogen functional groups attached to an aromatic ring is 1. The van der Waals surface area contributed by atoms with Crippen molar-refractivity contribution in [2.45, 2.75) is 39.7 Å². The number of ether oxygens (including phenoxy) is 1. The standard InChI is InChI=1S/C18H25N3O/c1-13(2)22-17-7-6-15(12-16(17)19)5-4-9-20-18-11-14(3)8-10-21-18/h6-8,10-13H,4-5,9,19H2,1-3H3,(H,20,21). The normalized spacial score (nSPS) is 10.7. The first-order valence-corrected chi connectivity index (χ1v) is 7.76. The molecule has 0 aliphatic rings. The van der Waals surface area contributed by atoms with Gasteiger partial charge in [-0.15, -0.1) is 0 Å². The highest BCUT2D eigenvalue weighted by Crippen LogP contribution is 2.24. The van der Waals surface area contributed by atoms with Gasteiger partial charge in [-0.05, 0) is 69.0 Å². The Morgan fingerprint density at radius 2 is 2.05 bits per heavy atom. The molecule has 2 aromatic rings. The lowest BCUT2D eigenvalue weighted by Crippen LogP contribution is -2.08. The first kappa shape index (κ1) is 16.1. The van der Waals surface area contributed by atoms with Crippen molar-refractivity contribution in [3.8, 4) is 5.75 Å². The number of nitrogens with two attached hydrogens (primary N) is 1. The summed E-state index contributed by atoms with van der Waals surface area (Å²) in [7, 11) is 0. The molecule has 0 aliphatic heterocycles. The van der Waals surface area contributed by atoms with Crippen molar-refractivity contribution in [3.63, 3.8) is 0 Å². The maximum atomic E-state index is 6.03. The molecule has 118 valence electrons. The van der Waals surface area contributed by atoms with E-state index in [1.165, 1.54) is 11.1 Å². The lowest BCUT2D eigenvalue weighted by atomic mass is 10.1. The summed E-state index contributed by atoms with van der Waals surface area (Å²) in [5.41, 5.74) is 9.18. The van der Waals surface area contributed by atoms with Crippen LogP contribution in [-0.4, -0.2) is 17.6 Å². The summed E-state index contributed by atoms with van der Waals surface area (Å²) < 4.78 is 5.65. The number of pyridine rings is 1. The fraction of sp³-hybridized carbons (Fsp3) is 0.389. The minimum atomic E-state index is 0.138. The summed E-state index contributed by atoms with van der Waals surface area (Å²) in [6.45, 7) is 6.95. The highest BCUT2D eigenvalue weighted by atomic mass is 16.5. The van der Waals surface area contributed by atoms with E-state index in [4.69, 9.17) is 10.5 Å². The van der Waals surface area contributed by atoms with Crippen LogP contribution in [-0.2, 0) is 6.42 Å². The largest absolute Gasteiger partial charge is 0.489 e. The molecule has 0 bridgehead atoms. The molecule has 1 heterocycles. The Kier molecular flexibility index (Phi) is 5.64. The van der Waals surface area contributed by atoms with E-state index in [0.29, 0.717) is 5.69 Å². The van der Waals surface area contributed by atoms with E-state index in [1.807, 2.05) is 38.2 Å². The summed E-state index contributed by atoms with van der Waals surface area (Å²) in [5.74, 6) is 1.70. The number of anilines is 2. The predicted octanol–water partition coefficient (Wildman–Crippen LogP) is 3.80. The molecule has 0 saturated heterocycles. The van der Waals surface area contributed by atoms with Crippen LogP contribution < -0.4 is 15.8 Å². The number of aromatic nitrogens is 1. The van der Waals surface area contributed by atoms with Gasteiger partial charge in [0.25, 0.3) is 0 Å². The third kappa shape index (κ3) is 4.95. The zero-order valence-corrected chi connectivity index (χ0v) is 13.6. The van der Waals surface area contributed by atoms with Crippen molar-refractivity contribution >= 4 is 11.5 Å². The van der Waals surface area contributed by atoms with Gasteiger partial charge in [-0.1, -0.05) is 6.07 Å². The Balaban J connectivity index is 1.81. The number of benzene rings is 1. The predicted molar refractivity (Wildman–Crippen MR) is 92.4 cm³/mol. The van der Waals surface area contributed by atoms with Crippen LogP contribution in [0.5, 0.6) is 5.75 Å². The maximum absolute atomic E-state index is 6.03. The molecule has 4 nitrogen and oxygen atoms in total. The van der Waals surface area contributed by atoms with E-state index < -0.39 is 0 Å².